The molecule has 0 aliphatic carbocycles. The van der Waals surface area contributed by atoms with Crippen molar-refractivity contribution in [1.29, 1.82) is 0 Å². The Kier molecular flexibility index (Phi) is 6.14. The fourth-order valence-corrected chi connectivity index (χ4v) is 1.99. The quantitative estimate of drug-likeness (QED) is 0.811. The van der Waals surface area contributed by atoms with E-state index in [1.54, 1.807) is 12.1 Å². The first-order valence-electron chi connectivity index (χ1n) is 7.04. The summed E-state index contributed by atoms with van der Waals surface area (Å²) >= 11 is 5.61. The standard InChI is InChI=1S/C17H15ClFNO4/c1-11-4-2-3-5-15(11)23-10-17(22)24-9-16(21)20-12-6-7-14(19)13(18)8-12/h2-8H,9-10H2,1H3,(H,20,21). The minimum atomic E-state index is -0.675. The predicted molar refractivity (Wildman–Crippen MR) is 87.7 cm³/mol. The zero-order valence-corrected chi connectivity index (χ0v) is 13.6. The summed E-state index contributed by atoms with van der Waals surface area (Å²) in [5.41, 5.74) is 1.19. The molecule has 0 saturated heterocycles. The number of esters is 1. The molecule has 2 aromatic rings. The van der Waals surface area contributed by atoms with Crippen LogP contribution in [0.15, 0.2) is 42.5 Å². The number of benzene rings is 2. The van der Waals surface area contributed by atoms with Crippen LogP contribution < -0.4 is 10.1 Å². The van der Waals surface area contributed by atoms with Gasteiger partial charge in [-0.1, -0.05) is 29.8 Å². The molecule has 0 aromatic heterocycles. The molecule has 2 rings (SSSR count). The van der Waals surface area contributed by atoms with Crippen molar-refractivity contribution in [1.82, 2.24) is 0 Å². The lowest BCUT2D eigenvalue weighted by molar-refractivity contribution is -0.149. The molecule has 1 amide bonds. The van der Waals surface area contributed by atoms with Crippen LogP contribution >= 0.6 is 11.6 Å². The molecule has 7 heteroatoms. The van der Waals surface area contributed by atoms with Gasteiger partial charge in [-0.15, -0.1) is 0 Å². The van der Waals surface area contributed by atoms with Crippen LogP contribution in [0.4, 0.5) is 10.1 Å². The lowest BCUT2D eigenvalue weighted by Gasteiger charge is -2.09. The van der Waals surface area contributed by atoms with Crippen LogP contribution in [0.5, 0.6) is 5.75 Å². The third-order valence-electron chi connectivity index (χ3n) is 3.01. The normalized spacial score (nSPS) is 10.1. The zero-order valence-electron chi connectivity index (χ0n) is 12.8. The van der Waals surface area contributed by atoms with Crippen molar-refractivity contribution < 1.29 is 23.5 Å². The third-order valence-corrected chi connectivity index (χ3v) is 3.30. The Morgan fingerprint density at radius 1 is 1.17 bits per heavy atom. The summed E-state index contributed by atoms with van der Waals surface area (Å²) in [5, 5.41) is 2.33. The van der Waals surface area contributed by atoms with Gasteiger partial charge in [0, 0.05) is 5.69 Å². The Labute approximate surface area is 143 Å². The maximum absolute atomic E-state index is 13.0. The second-order valence-electron chi connectivity index (χ2n) is 4.89. The molecule has 0 unspecified atom stereocenters. The molecule has 0 atom stereocenters. The lowest BCUT2D eigenvalue weighted by atomic mass is 10.2. The molecule has 2 aromatic carbocycles. The molecule has 0 bridgehead atoms. The summed E-state index contributed by atoms with van der Waals surface area (Å²) in [6, 6.07) is 11.0. The van der Waals surface area contributed by atoms with Gasteiger partial charge in [0.05, 0.1) is 5.02 Å². The van der Waals surface area contributed by atoms with E-state index in [1.165, 1.54) is 12.1 Å². The van der Waals surface area contributed by atoms with Gasteiger partial charge in [0.1, 0.15) is 11.6 Å². The van der Waals surface area contributed by atoms with Gasteiger partial charge in [0.15, 0.2) is 13.2 Å². The Bertz CT molecular complexity index is 751. The van der Waals surface area contributed by atoms with E-state index in [1.807, 2.05) is 19.1 Å². The highest BCUT2D eigenvalue weighted by atomic mass is 35.5. The van der Waals surface area contributed by atoms with Crippen LogP contribution in [0, 0.1) is 12.7 Å². The average Bonchev–Trinajstić information content (AvgIpc) is 2.55. The number of carbonyl (C=O) groups excluding carboxylic acids is 2. The van der Waals surface area contributed by atoms with E-state index in [0.717, 1.165) is 11.6 Å². The summed E-state index contributed by atoms with van der Waals surface area (Å²) in [6.45, 7) is 1.06. The molecule has 24 heavy (non-hydrogen) atoms. The first kappa shape index (κ1) is 17.7. The van der Waals surface area contributed by atoms with E-state index in [2.05, 4.69) is 5.32 Å². The van der Waals surface area contributed by atoms with Crippen molar-refractivity contribution in [3.8, 4) is 5.75 Å². The number of anilines is 1. The van der Waals surface area contributed by atoms with Crippen LogP contribution in [0.2, 0.25) is 5.02 Å². The highest BCUT2D eigenvalue weighted by molar-refractivity contribution is 6.31. The number of halogens is 2. The van der Waals surface area contributed by atoms with E-state index in [-0.39, 0.29) is 11.6 Å². The number of hydrogen-bond acceptors (Lipinski definition) is 4. The first-order chi connectivity index (χ1) is 11.5. The number of para-hydroxylation sites is 1. The Balaban J connectivity index is 1.76. The number of nitrogens with one attached hydrogen (secondary N) is 1. The fraction of sp³-hybridized carbons (Fsp3) is 0.176. The van der Waals surface area contributed by atoms with E-state index in [0.29, 0.717) is 11.4 Å². The van der Waals surface area contributed by atoms with Gasteiger partial charge in [0.25, 0.3) is 5.91 Å². The molecule has 0 heterocycles. The summed E-state index contributed by atoms with van der Waals surface area (Å²) in [7, 11) is 0. The van der Waals surface area contributed by atoms with Gasteiger partial charge in [-0.3, -0.25) is 4.79 Å². The van der Waals surface area contributed by atoms with Gasteiger partial charge in [-0.25, -0.2) is 9.18 Å². The largest absolute Gasteiger partial charge is 0.482 e. The second kappa shape index (κ2) is 8.31. The van der Waals surface area contributed by atoms with Crippen LogP contribution in [-0.2, 0) is 14.3 Å². The maximum Gasteiger partial charge on any atom is 0.344 e. The van der Waals surface area contributed by atoms with E-state index in [9.17, 15) is 14.0 Å². The first-order valence-corrected chi connectivity index (χ1v) is 7.42. The smallest absolute Gasteiger partial charge is 0.344 e. The SMILES string of the molecule is Cc1ccccc1OCC(=O)OCC(=O)Nc1ccc(F)c(Cl)c1. The van der Waals surface area contributed by atoms with Crippen LogP contribution in [0.1, 0.15) is 5.56 Å². The van der Waals surface area contributed by atoms with Gasteiger partial charge < -0.3 is 14.8 Å². The van der Waals surface area contributed by atoms with Crippen LogP contribution in [-0.4, -0.2) is 25.1 Å². The minimum Gasteiger partial charge on any atom is -0.482 e. The van der Waals surface area contributed by atoms with Gasteiger partial charge in [0.2, 0.25) is 0 Å². The highest BCUT2D eigenvalue weighted by Gasteiger charge is 2.10. The molecule has 0 radical (unpaired) electrons. The van der Waals surface area contributed by atoms with E-state index < -0.39 is 24.3 Å². The Morgan fingerprint density at radius 2 is 1.92 bits per heavy atom. The lowest BCUT2D eigenvalue weighted by Crippen LogP contribution is -2.23. The third kappa shape index (κ3) is 5.24. The zero-order chi connectivity index (χ0) is 17.5. The maximum atomic E-state index is 13.0. The minimum absolute atomic E-state index is 0.114. The molecule has 126 valence electrons. The van der Waals surface area contributed by atoms with Crippen molar-refractivity contribution in [2.45, 2.75) is 6.92 Å². The summed E-state index contributed by atoms with van der Waals surface area (Å²) in [4.78, 5) is 23.3. The number of carbonyl (C=O) groups is 2. The molecule has 0 fully saturated rings. The molecule has 0 saturated carbocycles. The number of aryl methyl sites for hydroxylation is 1. The van der Waals surface area contributed by atoms with Crippen molar-refractivity contribution in [3.63, 3.8) is 0 Å². The molecule has 5 nitrogen and oxygen atoms in total. The number of hydrogen-bond donors (Lipinski definition) is 1. The molecule has 0 aliphatic heterocycles. The second-order valence-corrected chi connectivity index (χ2v) is 5.30. The van der Waals surface area contributed by atoms with Crippen LogP contribution in [0.3, 0.4) is 0 Å². The molecule has 1 N–H and O–H groups in total. The average molecular weight is 352 g/mol. The van der Waals surface area contributed by atoms with Gasteiger partial charge in [-0.2, -0.15) is 0 Å². The number of amides is 1. The van der Waals surface area contributed by atoms with Crippen molar-refractivity contribution in [2.24, 2.45) is 0 Å². The van der Waals surface area contributed by atoms with E-state index >= 15 is 0 Å². The fourth-order valence-electron chi connectivity index (χ4n) is 1.81. The van der Waals surface area contributed by atoms with Crippen molar-refractivity contribution >= 4 is 29.2 Å². The Hall–Kier alpha value is -2.60. The number of rotatable bonds is 6. The Morgan fingerprint density at radius 3 is 2.62 bits per heavy atom. The van der Waals surface area contributed by atoms with Crippen molar-refractivity contribution in [3.05, 3.63) is 58.9 Å². The van der Waals surface area contributed by atoms with Gasteiger partial charge in [-0.05, 0) is 36.8 Å². The van der Waals surface area contributed by atoms with E-state index in [4.69, 9.17) is 21.1 Å². The van der Waals surface area contributed by atoms with Gasteiger partial charge >= 0.3 is 5.97 Å². The number of ether oxygens (including phenoxy) is 2. The monoisotopic (exact) mass is 351 g/mol. The molecule has 0 aliphatic rings. The molecular formula is C17H15ClFNO4. The highest BCUT2D eigenvalue weighted by Crippen LogP contribution is 2.19. The predicted octanol–water partition coefficient (Wildman–Crippen LogP) is 3.35. The molecule has 0 spiro atoms. The topological polar surface area (TPSA) is 64.6 Å². The summed E-state index contributed by atoms with van der Waals surface area (Å²) < 4.78 is 23.1. The summed E-state index contributed by atoms with van der Waals surface area (Å²) in [6.07, 6.45) is 0. The summed E-state index contributed by atoms with van der Waals surface area (Å²) in [5.74, 6) is -1.26. The molecular weight excluding hydrogens is 337 g/mol. The van der Waals surface area contributed by atoms with Crippen LogP contribution in [0.25, 0.3) is 0 Å². The van der Waals surface area contributed by atoms with Crippen molar-refractivity contribution in [2.75, 3.05) is 18.5 Å².